The zero-order valence-electron chi connectivity index (χ0n) is 10.5. The molecule has 4 nitrogen and oxygen atoms in total. The van der Waals surface area contributed by atoms with Crippen molar-refractivity contribution in [1.29, 1.82) is 0 Å². The lowest BCUT2D eigenvalue weighted by Gasteiger charge is -2.37. The van der Waals surface area contributed by atoms with E-state index in [1.54, 1.807) is 13.8 Å². The Balaban J connectivity index is 2.99. The second-order valence-electron chi connectivity index (χ2n) is 4.47. The van der Waals surface area contributed by atoms with E-state index in [0.29, 0.717) is 11.2 Å². The molecule has 1 atom stereocenters. The second kappa shape index (κ2) is 5.23. The van der Waals surface area contributed by atoms with Gasteiger partial charge in [0.05, 0.1) is 6.04 Å². The van der Waals surface area contributed by atoms with E-state index < -0.39 is 11.5 Å². The molecule has 1 rings (SSSR count). The third-order valence-electron chi connectivity index (χ3n) is 3.06. The Morgan fingerprint density at radius 2 is 2.18 bits per heavy atom. The zero-order chi connectivity index (χ0) is 13.2. The van der Waals surface area contributed by atoms with E-state index in [1.807, 2.05) is 30.9 Å². The Kier molecular flexibility index (Phi) is 4.38. The van der Waals surface area contributed by atoms with E-state index in [4.69, 9.17) is 4.42 Å². The number of carbonyl (C=O) groups is 1. The van der Waals surface area contributed by atoms with Gasteiger partial charge in [-0.15, -0.1) is 0 Å². The van der Waals surface area contributed by atoms with Crippen LogP contribution < -0.4 is 0 Å². The van der Waals surface area contributed by atoms with Gasteiger partial charge in [-0.2, -0.15) is 0 Å². The molecule has 0 saturated heterocycles. The van der Waals surface area contributed by atoms with Crippen molar-refractivity contribution in [3.8, 4) is 0 Å². The smallest absolute Gasteiger partial charge is 0.323 e. The molecule has 1 aromatic heterocycles. The molecule has 1 heterocycles. The lowest BCUT2D eigenvalue weighted by Crippen LogP contribution is -2.50. The van der Waals surface area contributed by atoms with Crippen molar-refractivity contribution in [2.45, 2.75) is 39.3 Å². The first kappa shape index (κ1) is 14.3. The van der Waals surface area contributed by atoms with Crippen molar-refractivity contribution in [3.63, 3.8) is 0 Å². The maximum absolute atomic E-state index is 11.3. The van der Waals surface area contributed by atoms with Crippen molar-refractivity contribution < 1.29 is 14.3 Å². The molecule has 0 bridgehead atoms. The van der Waals surface area contributed by atoms with Gasteiger partial charge in [-0.3, -0.25) is 9.69 Å². The summed E-state index contributed by atoms with van der Waals surface area (Å²) in [5.41, 5.74) is -0.923. The molecule has 0 aliphatic carbocycles. The molecule has 0 aliphatic rings. The molecule has 0 aliphatic heterocycles. The molecule has 1 aromatic rings. The fourth-order valence-corrected chi connectivity index (χ4v) is 2.30. The summed E-state index contributed by atoms with van der Waals surface area (Å²) in [5.74, 6) is -0.0788. The summed E-state index contributed by atoms with van der Waals surface area (Å²) in [6, 6.07) is 3.58. The van der Waals surface area contributed by atoms with Crippen molar-refractivity contribution in [1.82, 2.24) is 4.90 Å². The van der Waals surface area contributed by atoms with Crippen LogP contribution in [-0.2, 0) is 4.79 Å². The average Bonchev–Trinajstić information content (AvgIpc) is 2.65. The van der Waals surface area contributed by atoms with Gasteiger partial charge in [0.15, 0.2) is 4.67 Å². The predicted octanol–water partition coefficient (Wildman–Crippen LogP) is 3.29. The highest BCUT2D eigenvalue weighted by atomic mass is 79.9. The maximum Gasteiger partial charge on any atom is 0.323 e. The fourth-order valence-electron chi connectivity index (χ4n) is 1.98. The summed E-state index contributed by atoms with van der Waals surface area (Å²) >= 11 is 3.25. The van der Waals surface area contributed by atoms with E-state index in [9.17, 15) is 9.90 Å². The van der Waals surface area contributed by atoms with Crippen LogP contribution in [0.2, 0.25) is 0 Å². The summed E-state index contributed by atoms with van der Waals surface area (Å²) in [6.45, 7) is 7.93. The molecule has 0 fully saturated rings. The van der Waals surface area contributed by atoms with Gasteiger partial charge in [-0.1, -0.05) is 6.92 Å². The molecule has 17 heavy (non-hydrogen) atoms. The van der Waals surface area contributed by atoms with Crippen LogP contribution in [0.4, 0.5) is 0 Å². The van der Waals surface area contributed by atoms with Crippen molar-refractivity contribution in [3.05, 3.63) is 22.6 Å². The molecule has 96 valence electrons. The molecule has 1 unspecified atom stereocenters. The molecule has 0 amide bonds. The highest BCUT2D eigenvalue weighted by Crippen LogP contribution is 2.30. The molecule has 0 saturated carbocycles. The molecule has 0 spiro atoms. The summed E-state index contributed by atoms with van der Waals surface area (Å²) < 4.78 is 6.14. The third kappa shape index (κ3) is 2.90. The second-order valence-corrected chi connectivity index (χ2v) is 5.25. The first-order chi connectivity index (χ1) is 7.80. The minimum atomic E-state index is -0.923. The molecule has 0 radical (unpaired) electrons. The zero-order valence-corrected chi connectivity index (χ0v) is 12.1. The van der Waals surface area contributed by atoms with Crippen LogP contribution in [0.25, 0.3) is 0 Å². The first-order valence-corrected chi connectivity index (χ1v) is 6.35. The predicted molar refractivity (Wildman–Crippen MR) is 68.9 cm³/mol. The average molecular weight is 304 g/mol. The normalized spacial score (nSPS) is 14.0. The summed E-state index contributed by atoms with van der Waals surface area (Å²) in [4.78, 5) is 13.2. The summed E-state index contributed by atoms with van der Waals surface area (Å²) in [6.07, 6.45) is 0. The van der Waals surface area contributed by atoms with E-state index in [0.717, 1.165) is 5.76 Å². The van der Waals surface area contributed by atoms with Gasteiger partial charge in [0, 0.05) is 0 Å². The number of nitrogens with zero attached hydrogens (tertiary/aromatic N) is 1. The van der Waals surface area contributed by atoms with E-state index in [1.165, 1.54) is 0 Å². The van der Waals surface area contributed by atoms with Gasteiger partial charge < -0.3 is 9.52 Å². The quantitative estimate of drug-likeness (QED) is 0.907. The number of rotatable bonds is 5. The Morgan fingerprint density at radius 1 is 1.59 bits per heavy atom. The van der Waals surface area contributed by atoms with Crippen molar-refractivity contribution in [2.75, 3.05) is 6.54 Å². The monoisotopic (exact) mass is 303 g/mol. The van der Waals surface area contributed by atoms with Crippen LogP contribution in [-0.4, -0.2) is 28.1 Å². The number of hydrogen-bond acceptors (Lipinski definition) is 3. The van der Waals surface area contributed by atoms with Crippen LogP contribution in [0.3, 0.4) is 0 Å². The van der Waals surface area contributed by atoms with Crippen LogP contribution in [0, 0.1) is 0 Å². The van der Waals surface area contributed by atoms with Crippen molar-refractivity contribution in [2.24, 2.45) is 0 Å². The van der Waals surface area contributed by atoms with E-state index in [-0.39, 0.29) is 6.04 Å². The van der Waals surface area contributed by atoms with Crippen LogP contribution in [0.1, 0.15) is 39.5 Å². The number of carboxylic acids is 1. The van der Waals surface area contributed by atoms with Gasteiger partial charge in [0.2, 0.25) is 0 Å². The number of furan rings is 1. The minimum Gasteiger partial charge on any atom is -0.480 e. The van der Waals surface area contributed by atoms with E-state index in [2.05, 4.69) is 15.9 Å². The van der Waals surface area contributed by atoms with Gasteiger partial charge in [0.25, 0.3) is 0 Å². The topological polar surface area (TPSA) is 53.7 Å². The van der Waals surface area contributed by atoms with E-state index >= 15 is 0 Å². The molecule has 5 heteroatoms. The lowest BCUT2D eigenvalue weighted by atomic mass is 10.00. The van der Waals surface area contributed by atoms with Crippen LogP contribution in [0.15, 0.2) is 21.2 Å². The van der Waals surface area contributed by atoms with Gasteiger partial charge in [-0.25, -0.2) is 0 Å². The Hall–Kier alpha value is -0.810. The fraction of sp³-hybridized carbons (Fsp3) is 0.583. The molecule has 1 N–H and O–H groups in total. The number of halogens is 1. The molecular formula is C12H18BrNO3. The molecular weight excluding hydrogens is 286 g/mol. The number of hydrogen-bond donors (Lipinski definition) is 1. The number of carboxylic acid groups (broad SMARTS) is 1. The Morgan fingerprint density at radius 3 is 2.53 bits per heavy atom. The number of aliphatic carboxylic acids is 1. The highest BCUT2D eigenvalue weighted by molar-refractivity contribution is 9.10. The van der Waals surface area contributed by atoms with Gasteiger partial charge in [0.1, 0.15) is 11.3 Å². The van der Waals surface area contributed by atoms with Crippen LogP contribution >= 0.6 is 15.9 Å². The van der Waals surface area contributed by atoms with Gasteiger partial charge >= 0.3 is 5.97 Å². The largest absolute Gasteiger partial charge is 0.480 e. The summed E-state index contributed by atoms with van der Waals surface area (Å²) in [5, 5.41) is 9.26. The minimum absolute atomic E-state index is 0.0857. The SMILES string of the molecule is CCN(C(C)c1ccc(Br)o1)C(C)(C)C(=O)O. The summed E-state index contributed by atoms with van der Waals surface area (Å²) in [7, 11) is 0. The maximum atomic E-state index is 11.3. The molecule has 0 aromatic carbocycles. The van der Waals surface area contributed by atoms with Gasteiger partial charge in [-0.05, 0) is 55.4 Å². The third-order valence-corrected chi connectivity index (χ3v) is 3.48. The first-order valence-electron chi connectivity index (χ1n) is 5.56. The van der Waals surface area contributed by atoms with Crippen LogP contribution in [0.5, 0.6) is 0 Å². The Labute approximate surface area is 110 Å². The Bertz CT molecular complexity index is 400. The van der Waals surface area contributed by atoms with Crippen molar-refractivity contribution >= 4 is 21.9 Å². The number of likely N-dealkylation sites (N-methyl/N-ethyl adjacent to an activating group) is 1. The lowest BCUT2D eigenvalue weighted by molar-refractivity contribution is -0.151. The highest BCUT2D eigenvalue weighted by Gasteiger charge is 2.37. The standard InChI is InChI=1S/C12H18BrNO3/c1-5-14(12(3,4)11(15)16)8(2)9-6-7-10(13)17-9/h6-8H,5H2,1-4H3,(H,15,16).